The van der Waals surface area contributed by atoms with Gasteiger partial charge in [0.05, 0.1) is 19.8 Å². The first-order valence-electron chi connectivity index (χ1n) is 9.50. The molecule has 140 valence electrons. The van der Waals surface area contributed by atoms with Crippen molar-refractivity contribution in [3.05, 3.63) is 35.4 Å². The van der Waals surface area contributed by atoms with Crippen LogP contribution in [0.5, 0.6) is 0 Å². The molecule has 0 radical (unpaired) electrons. The summed E-state index contributed by atoms with van der Waals surface area (Å²) in [7, 11) is 0. The van der Waals surface area contributed by atoms with E-state index in [-0.39, 0.29) is 0 Å². The second-order valence-electron chi connectivity index (χ2n) is 6.96. The summed E-state index contributed by atoms with van der Waals surface area (Å²) in [4.78, 5) is 7.31. The molecule has 5 heteroatoms. The molecular formula is C20H34N4O. The molecular weight excluding hydrogens is 312 g/mol. The molecule has 0 spiro atoms. The predicted molar refractivity (Wildman–Crippen MR) is 105 cm³/mol. The van der Waals surface area contributed by atoms with Crippen molar-refractivity contribution in [2.24, 2.45) is 10.9 Å². The van der Waals surface area contributed by atoms with Gasteiger partial charge >= 0.3 is 0 Å². The maximum absolute atomic E-state index is 5.49. The molecule has 5 nitrogen and oxygen atoms in total. The third-order valence-electron chi connectivity index (χ3n) is 4.78. The number of aliphatic imine (C=N–C) groups is 1. The van der Waals surface area contributed by atoms with E-state index in [1.165, 1.54) is 11.1 Å². The number of rotatable bonds is 7. The van der Waals surface area contributed by atoms with Crippen LogP contribution in [0.1, 0.15) is 31.9 Å². The normalized spacial score (nSPS) is 17.6. The number of nitrogens with one attached hydrogen (secondary N) is 2. The first-order valence-corrected chi connectivity index (χ1v) is 9.50. The van der Waals surface area contributed by atoms with Gasteiger partial charge in [-0.05, 0) is 30.9 Å². The van der Waals surface area contributed by atoms with Crippen LogP contribution in [0.4, 0.5) is 0 Å². The smallest absolute Gasteiger partial charge is 0.191 e. The average molecular weight is 347 g/mol. The fourth-order valence-corrected chi connectivity index (χ4v) is 3.19. The van der Waals surface area contributed by atoms with Crippen LogP contribution in [0.15, 0.2) is 29.3 Å². The molecule has 1 saturated heterocycles. The van der Waals surface area contributed by atoms with Gasteiger partial charge in [-0.1, -0.05) is 38.1 Å². The van der Waals surface area contributed by atoms with Crippen molar-refractivity contribution in [3.8, 4) is 0 Å². The highest BCUT2D eigenvalue weighted by Crippen LogP contribution is 2.12. The third-order valence-corrected chi connectivity index (χ3v) is 4.78. The topological polar surface area (TPSA) is 48.9 Å². The van der Waals surface area contributed by atoms with Crippen molar-refractivity contribution in [3.63, 3.8) is 0 Å². The summed E-state index contributed by atoms with van der Waals surface area (Å²) >= 11 is 0. The van der Waals surface area contributed by atoms with Gasteiger partial charge in [-0.3, -0.25) is 4.90 Å². The van der Waals surface area contributed by atoms with E-state index >= 15 is 0 Å². The van der Waals surface area contributed by atoms with Gasteiger partial charge in [0.25, 0.3) is 0 Å². The van der Waals surface area contributed by atoms with E-state index in [0.29, 0.717) is 18.5 Å². The lowest BCUT2D eigenvalue weighted by atomic mass is 10.0. The van der Waals surface area contributed by atoms with Crippen molar-refractivity contribution in [1.82, 2.24) is 15.5 Å². The van der Waals surface area contributed by atoms with E-state index in [1.54, 1.807) is 0 Å². The van der Waals surface area contributed by atoms with E-state index in [1.807, 2.05) is 0 Å². The average Bonchev–Trinajstić information content (AvgIpc) is 2.61. The Morgan fingerprint density at radius 2 is 1.92 bits per heavy atom. The van der Waals surface area contributed by atoms with Crippen molar-refractivity contribution in [2.45, 2.75) is 40.3 Å². The summed E-state index contributed by atoms with van der Waals surface area (Å²) in [5.74, 6) is 1.48. The van der Waals surface area contributed by atoms with Crippen LogP contribution >= 0.6 is 0 Å². The van der Waals surface area contributed by atoms with Crippen LogP contribution < -0.4 is 10.6 Å². The Morgan fingerprint density at radius 3 is 2.56 bits per heavy atom. The lowest BCUT2D eigenvalue weighted by Gasteiger charge is -2.37. The zero-order valence-corrected chi connectivity index (χ0v) is 16.2. The van der Waals surface area contributed by atoms with Crippen molar-refractivity contribution in [1.29, 1.82) is 0 Å². The Bertz CT molecular complexity index is 538. The van der Waals surface area contributed by atoms with Gasteiger partial charge in [-0.25, -0.2) is 4.99 Å². The molecule has 0 bridgehead atoms. The molecule has 1 aliphatic heterocycles. The van der Waals surface area contributed by atoms with E-state index in [9.17, 15) is 0 Å². The largest absolute Gasteiger partial charge is 0.379 e. The van der Waals surface area contributed by atoms with Crippen LogP contribution in [-0.2, 0) is 11.3 Å². The SMILES string of the molecule is CCNC(=NCc1ccccc1C)NCC(C(C)C)N1CCOCC1. The van der Waals surface area contributed by atoms with Crippen LogP contribution in [0, 0.1) is 12.8 Å². The molecule has 1 heterocycles. The Hall–Kier alpha value is -1.59. The monoisotopic (exact) mass is 346 g/mol. The predicted octanol–water partition coefficient (Wildman–Crippen LogP) is 2.41. The molecule has 2 N–H and O–H groups in total. The zero-order chi connectivity index (χ0) is 18.1. The number of ether oxygens (including phenoxy) is 1. The lowest BCUT2D eigenvalue weighted by molar-refractivity contribution is 0.00752. The van der Waals surface area contributed by atoms with Gasteiger partial charge in [-0.15, -0.1) is 0 Å². The second kappa shape index (κ2) is 10.4. The third kappa shape index (κ3) is 6.33. The summed E-state index contributed by atoms with van der Waals surface area (Å²) in [5.41, 5.74) is 2.56. The molecule has 0 aromatic heterocycles. The van der Waals surface area contributed by atoms with E-state index in [2.05, 4.69) is 67.5 Å². The van der Waals surface area contributed by atoms with Crippen LogP contribution in [0.25, 0.3) is 0 Å². The fraction of sp³-hybridized carbons (Fsp3) is 0.650. The van der Waals surface area contributed by atoms with Crippen molar-refractivity contribution < 1.29 is 4.74 Å². The molecule has 1 aliphatic rings. The van der Waals surface area contributed by atoms with Crippen LogP contribution in [0.3, 0.4) is 0 Å². The molecule has 1 fully saturated rings. The molecule has 0 aliphatic carbocycles. The Balaban J connectivity index is 1.96. The highest BCUT2D eigenvalue weighted by Gasteiger charge is 2.23. The maximum Gasteiger partial charge on any atom is 0.191 e. The first kappa shape index (κ1) is 19.7. The molecule has 25 heavy (non-hydrogen) atoms. The van der Waals surface area contributed by atoms with Gasteiger partial charge in [-0.2, -0.15) is 0 Å². The Kier molecular flexibility index (Phi) is 8.22. The number of morpholine rings is 1. The lowest BCUT2D eigenvalue weighted by Crippen LogP contribution is -2.52. The standard InChI is InChI=1S/C20H34N4O/c1-5-21-20(22-14-18-9-7-6-8-17(18)4)23-15-19(16(2)3)24-10-12-25-13-11-24/h6-9,16,19H,5,10-15H2,1-4H3,(H2,21,22,23). The maximum atomic E-state index is 5.49. The van der Waals surface area contributed by atoms with E-state index in [0.717, 1.165) is 45.4 Å². The van der Waals surface area contributed by atoms with Gasteiger partial charge in [0.15, 0.2) is 5.96 Å². The molecule has 0 amide bonds. The van der Waals surface area contributed by atoms with Gasteiger partial charge < -0.3 is 15.4 Å². The fourth-order valence-electron chi connectivity index (χ4n) is 3.19. The second-order valence-corrected chi connectivity index (χ2v) is 6.96. The van der Waals surface area contributed by atoms with Crippen LogP contribution in [-0.4, -0.2) is 56.3 Å². The summed E-state index contributed by atoms with van der Waals surface area (Å²) in [5, 5.41) is 6.91. The van der Waals surface area contributed by atoms with Gasteiger partial charge in [0.2, 0.25) is 0 Å². The summed E-state index contributed by atoms with van der Waals surface area (Å²) in [6.07, 6.45) is 0. The number of hydrogen-bond donors (Lipinski definition) is 2. The molecule has 1 unspecified atom stereocenters. The Labute approximate surface area is 152 Å². The minimum Gasteiger partial charge on any atom is -0.379 e. The summed E-state index contributed by atoms with van der Waals surface area (Å²) in [6.45, 7) is 15.0. The van der Waals surface area contributed by atoms with Crippen LogP contribution in [0.2, 0.25) is 0 Å². The van der Waals surface area contributed by atoms with Gasteiger partial charge in [0, 0.05) is 32.2 Å². The number of nitrogens with zero attached hydrogens (tertiary/aromatic N) is 2. The minimum absolute atomic E-state index is 0.492. The van der Waals surface area contributed by atoms with Crippen molar-refractivity contribution >= 4 is 5.96 Å². The minimum atomic E-state index is 0.492. The summed E-state index contributed by atoms with van der Waals surface area (Å²) in [6, 6.07) is 8.92. The highest BCUT2D eigenvalue weighted by atomic mass is 16.5. The molecule has 0 saturated carbocycles. The number of guanidine groups is 1. The zero-order valence-electron chi connectivity index (χ0n) is 16.2. The molecule has 1 aromatic carbocycles. The Morgan fingerprint density at radius 1 is 1.20 bits per heavy atom. The first-order chi connectivity index (χ1) is 12.1. The molecule has 2 rings (SSSR count). The summed E-state index contributed by atoms with van der Waals surface area (Å²) < 4.78 is 5.49. The highest BCUT2D eigenvalue weighted by molar-refractivity contribution is 5.79. The van der Waals surface area contributed by atoms with E-state index < -0.39 is 0 Å². The van der Waals surface area contributed by atoms with Crippen molar-refractivity contribution in [2.75, 3.05) is 39.4 Å². The van der Waals surface area contributed by atoms with E-state index in [4.69, 9.17) is 9.73 Å². The van der Waals surface area contributed by atoms with Gasteiger partial charge in [0.1, 0.15) is 0 Å². The number of hydrogen-bond acceptors (Lipinski definition) is 3. The molecule has 1 atom stereocenters. The number of benzene rings is 1. The quantitative estimate of drug-likeness (QED) is 0.588. The number of aryl methyl sites for hydroxylation is 1. The molecule has 1 aromatic rings.